The van der Waals surface area contributed by atoms with E-state index in [0.29, 0.717) is 27.6 Å². The van der Waals surface area contributed by atoms with E-state index in [-0.39, 0.29) is 19.0 Å². The number of hydrogen-bond donors (Lipinski definition) is 0. The number of aromatic nitrogens is 1. The van der Waals surface area contributed by atoms with E-state index in [0.717, 1.165) is 17.4 Å². The highest BCUT2D eigenvalue weighted by Crippen LogP contribution is 2.22. The normalized spacial score (nSPS) is 10.8. The Balaban J connectivity index is 1.71. The predicted molar refractivity (Wildman–Crippen MR) is 123 cm³/mol. The lowest BCUT2D eigenvalue weighted by molar-refractivity contribution is 0.101. The second kappa shape index (κ2) is 10.4. The zero-order chi connectivity index (χ0) is 23.1. The van der Waals surface area contributed by atoms with Crippen molar-refractivity contribution < 1.29 is 22.1 Å². The summed E-state index contributed by atoms with van der Waals surface area (Å²) in [5.74, 6) is 6.12. The molecule has 0 saturated carbocycles. The lowest BCUT2D eigenvalue weighted by Gasteiger charge is -2.10. The topological polar surface area (TPSA) is 82.6 Å². The van der Waals surface area contributed by atoms with E-state index in [2.05, 4.69) is 21.0 Å². The Kier molecular flexibility index (Phi) is 7.65. The number of rotatable bonds is 7. The highest BCUT2D eigenvalue weighted by molar-refractivity contribution is 7.85. The van der Waals surface area contributed by atoms with Crippen molar-refractivity contribution in [1.82, 2.24) is 4.98 Å². The van der Waals surface area contributed by atoms with Crippen LogP contribution in [0.1, 0.15) is 28.5 Å². The van der Waals surface area contributed by atoms with Gasteiger partial charge in [-0.3, -0.25) is 8.98 Å². The molecular weight excluding hydrogens is 450 g/mol. The number of nitrogens with zero attached hydrogens (tertiary/aromatic N) is 1. The SMILES string of the molecule is CC(=O)c1cc(C#Cc2ccc(-c3ccc(Cl)cc3)cn2)ccc1OCCOS(C)(=O)=O. The first-order valence-electron chi connectivity index (χ1n) is 9.57. The van der Waals surface area contributed by atoms with Gasteiger partial charge >= 0.3 is 0 Å². The van der Waals surface area contributed by atoms with E-state index in [1.807, 2.05) is 36.4 Å². The molecule has 1 aromatic heterocycles. The minimum Gasteiger partial charge on any atom is -0.490 e. The van der Waals surface area contributed by atoms with Gasteiger partial charge in [0.25, 0.3) is 10.1 Å². The summed E-state index contributed by atoms with van der Waals surface area (Å²) in [4.78, 5) is 16.4. The van der Waals surface area contributed by atoms with E-state index in [1.54, 1.807) is 24.4 Å². The van der Waals surface area contributed by atoms with Gasteiger partial charge in [0.1, 0.15) is 24.7 Å². The predicted octanol–water partition coefficient (Wildman–Crippen LogP) is 4.36. The highest BCUT2D eigenvalue weighted by Gasteiger charge is 2.10. The van der Waals surface area contributed by atoms with E-state index in [9.17, 15) is 13.2 Å². The number of carbonyl (C=O) groups is 1. The molecule has 0 N–H and O–H groups in total. The van der Waals surface area contributed by atoms with Crippen molar-refractivity contribution in [2.75, 3.05) is 19.5 Å². The van der Waals surface area contributed by atoms with Gasteiger partial charge in [-0.15, -0.1) is 0 Å². The maximum Gasteiger partial charge on any atom is 0.264 e. The van der Waals surface area contributed by atoms with Crippen molar-refractivity contribution >= 4 is 27.5 Å². The standard InChI is InChI=1S/C24H20ClNO5S/c1-17(27)23-15-18(4-12-24(23)30-13-14-31-32(2,28)29)3-10-22-11-7-20(16-26-22)19-5-8-21(25)9-6-19/h4-9,11-12,15-16H,13-14H2,1-2H3. The van der Waals surface area contributed by atoms with Gasteiger partial charge in [-0.25, -0.2) is 4.98 Å². The van der Waals surface area contributed by atoms with Crippen LogP contribution in [0.25, 0.3) is 11.1 Å². The molecule has 0 bridgehead atoms. The summed E-state index contributed by atoms with van der Waals surface area (Å²) in [6.45, 7) is 1.27. The molecule has 0 aliphatic rings. The Labute approximate surface area is 192 Å². The van der Waals surface area contributed by atoms with E-state index < -0.39 is 10.1 Å². The van der Waals surface area contributed by atoms with Gasteiger partial charge in [-0.2, -0.15) is 8.42 Å². The molecule has 3 rings (SSSR count). The van der Waals surface area contributed by atoms with Crippen LogP contribution in [-0.2, 0) is 14.3 Å². The van der Waals surface area contributed by atoms with Crippen LogP contribution < -0.4 is 4.74 Å². The molecule has 0 fully saturated rings. The van der Waals surface area contributed by atoms with Crippen molar-refractivity contribution in [2.24, 2.45) is 0 Å². The van der Waals surface area contributed by atoms with Crippen LogP contribution in [0, 0.1) is 11.8 Å². The van der Waals surface area contributed by atoms with Crippen molar-refractivity contribution in [3.05, 3.63) is 82.6 Å². The summed E-state index contributed by atoms with van der Waals surface area (Å²) in [7, 11) is -3.54. The van der Waals surface area contributed by atoms with Crippen LogP contribution in [0.2, 0.25) is 5.02 Å². The number of halogens is 1. The van der Waals surface area contributed by atoms with Gasteiger partial charge in [-0.1, -0.05) is 35.7 Å². The number of Topliss-reactive ketones (excluding diaryl/α,β-unsaturated/α-hetero) is 1. The minimum atomic E-state index is -3.54. The zero-order valence-corrected chi connectivity index (χ0v) is 19.0. The summed E-state index contributed by atoms with van der Waals surface area (Å²) >= 11 is 5.92. The Morgan fingerprint density at radius 3 is 2.34 bits per heavy atom. The summed E-state index contributed by atoms with van der Waals surface area (Å²) in [6.07, 6.45) is 2.70. The Hall–Kier alpha value is -3.18. The maximum atomic E-state index is 12.0. The van der Waals surface area contributed by atoms with Gasteiger partial charge in [0.2, 0.25) is 0 Å². The van der Waals surface area contributed by atoms with E-state index in [1.165, 1.54) is 6.92 Å². The van der Waals surface area contributed by atoms with Crippen LogP contribution >= 0.6 is 11.6 Å². The molecule has 6 nitrogen and oxygen atoms in total. The van der Waals surface area contributed by atoms with Crippen LogP contribution in [0.3, 0.4) is 0 Å². The van der Waals surface area contributed by atoms with Crippen molar-refractivity contribution in [1.29, 1.82) is 0 Å². The lowest BCUT2D eigenvalue weighted by Crippen LogP contribution is -2.12. The maximum absolute atomic E-state index is 12.0. The number of pyridine rings is 1. The molecule has 8 heteroatoms. The summed E-state index contributed by atoms with van der Waals surface area (Å²) in [5, 5.41) is 0.674. The molecule has 0 atom stereocenters. The van der Waals surface area contributed by atoms with Crippen molar-refractivity contribution in [3.8, 4) is 28.7 Å². The van der Waals surface area contributed by atoms with Crippen LogP contribution in [0.5, 0.6) is 5.75 Å². The third kappa shape index (κ3) is 6.92. The fourth-order valence-corrected chi connectivity index (χ4v) is 3.26. The summed E-state index contributed by atoms with van der Waals surface area (Å²) in [5.41, 5.74) is 3.52. The number of carbonyl (C=O) groups excluding carboxylic acids is 1. The monoisotopic (exact) mass is 469 g/mol. The molecule has 0 radical (unpaired) electrons. The molecule has 0 aliphatic heterocycles. The average molecular weight is 470 g/mol. The van der Waals surface area contributed by atoms with Gasteiger partial charge < -0.3 is 4.74 Å². The van der Waals surface area contributed by atoms with Crippen LogP contribution in [-0.4, -0.2) is 38.7 Å². The molecule has 0 unspecified atom stereocenters. The molecule has 2 aromatic carbocycles. The third-order valence-corrected chi connectivity index (χ3v) is 5.12. The molecule has 0 spiro atoms. The Bertz CT molecular complexity index is 1270. The third-order valence-electron chi connectivity index (χ3n) is 4.27. The van der Waals surface area contributed by atoms with Crippen molar-refractivity contribution in [3.63, 3.8) is 0 Å². The van der Waals surface area contributed by atoms with Gasteiger partial charge in [0.05, 0.1) is 11.8 Å². The molecular formula is C24H20ClNO5S. The zero-order valence-electron chi connectivity index (χ0n) is 17.5. The second-order valence-corrected chi connectivity index (χ2v) is 8.91. The van der Waals surface area contributed by atoms with E-state index >= 15 is 0 Å². The molecule has 164 valence electrons. The van der Waals surface area contributed by atoms with E-state index in [4.69, 9.17) is 16.3 Å². The Morgan fingerprint density at radius 2 is 1.72 bits per heavy atom. The fraction of sp³-hybridized carbons (Fsp3) is 0.167. The van der Waals surface area contributed by atoms with Crippen LogP contribution in [0.15, 0.2) is 60.8 Å². The first-order valence-corrected chi connectivity index (χ1v) is 11.8. The van der Waals surface area contributed by atoms with Crippen LogP contribution in [0.4, 0.5) is 0 Å². The quantitative estimate of drug-likeness (QED) is 0.221. The highest BCUT2D eigenvalue weighted by atomic mass is 35.5. The molecule has 3 aromatic rings. The number of hydrogen-bond acceptors (Lipinski definition) is 6. The first kappa shape index (κ1) is 23.5. The average Bonchev–Trinajstić information content (AvgIpc) is 2.76. The molecule has 32 heavy (non-hydrogen) atoms. The van der Waals surface area contributed by atoms with Crippen molar-refractivity contribution in [2.45, 2.75) is 6.92 Å². The largest absolute Gasteiger partial charge is 0.490 e. The summed E-state index contributed by atoms with van der Waals surface area (Å²) in [6, 6.07) is 16.2. The molecule has 0 saturated heterocycles. The fourth-order valence-electron chi connectivity index (χ4n) is 2.76. The number of benzene rings is 2. The molecule has 0 amide bonds. The number of ketones is 1. The molecule has 0 aliphatic carbocycles. The first-order chi connectivity index (χ1) is 15.2. The molecule has 1 heterocycles. The number of ether oxygens (including phenoxy) is 1. The van der Waals surface area contributed by atoms with Gasteiger partial charge in [-0.05, 0) is 54.8 Å². The summed E-state index contributed by atoms with van der Waals surface area (Å²) < 4.78 is 32.1. The van der Waals surface area contributed by atoms with Gasteiger partial charge in [0, 0.05) is 22.3 Å². The smallest absolute Gasteiger partial charge is 0.264 e. The second-order valence-electron chi connectivity index (χ2n) is 6.83. The lowest BCUT2D eigenvalue weighted by atomic mass is 10.1. The Morgan fingerprint density at radius 1 is 1.00 bits per heavy atom. The minimum absolute atomic E-state index is 0.0116. The van der Waals surface area contributed by atoms with Gasteiger partial charge in [0.15, 0.2) is 5.78 Å².